The van der Waals surface area contributed by atoms with E-state index < -0.39 is 18.6 Å². The Balaban J connectivity index is 2.67. The van der Waals surface area contributed by atoms with Gasteiger partial charge in [-0.25, -0.2) is 0 Å². The number of halogens is 3. The summed E-state index contributed by atoms with van der Waals surface area (Å²) in [4.78, 5) is 10.7. The molecule has 0 saturated carbocycles. The molecule has 0 amide bonds. The molecular formula is C11H12F3NO3. The van der Waals surface area contributed by atoms with E-state index in [0.717, 1.165) is 6.07 Å². The van der Waals surface area contributed by atoms with Crippen molar-refractivity contribution in [2.24, 2.45) is 0 Å². The third-order valence-electron chi connectivity index (χ3n) is 1.78. The lowest BCUT2D eigenvalue weighted by molar-refractivity contribution is -0.274. The van der Waals surface area contributed by atoms with Crippen molar-refractivity contribution in [2.45, 2.75) is 26.4 Å². The molecule has 7 heteroatoms. The lowest BCUT2D eigenvalue weighted by Crippen LogP contribution is -2.21. The fraction of sp³-hybridized carbons (Fsp3) is 0.364. The van der Waals surface area contributed by atoms with Gasteiger partial charge in [-0.3, -0.25) is 4.79 Å². The zero-order chi connectivity index (χ0) is 13.8. The Hall–Kier alpha value is -1.92. The Morgan fingerprint density at radius 1 is 1.39 bits per heavy atom. The standard InChI is InChI=1S/C11H12F3NO3/c1-7(17-8(2)16)15-9-4-3-5-10(6-9)18-11(12,13)14/h3-7,15H,1-2H3. The van der Waals surface area contributed by atoms with Crippen molar-refractivity contribution in [3.8, 4) is 5.75 Å². The van der Waals surface area contributed by atoms with Crippen molar-refractivity contribution in [3.05, 3.63) is 24.3 Å². The van der Waals surface area contributed by atoms with Crippen LogP contribution < -0.4 is 10.1 Å². The van der Waals surface area contributed by atoms with Gasteiger partial charge in [0.2, 0.25) is 0 Å². The number of carbonyl (C=O) groups excluding carboxylic acids is 1. The van der Waals surface area contributed by atoms with Crippen LogP contribution in [0, 0.1) is 0 Å². The highest BCUT2D eigenvalue weighted by Gasteiger charge is 2.31. The number of rotatable bonds is 4. The van der Waals surface area contributed by atoms with E-state index in [0.29, 0.717) is 5.69 Å². The first-order chi connectivity index (χ1) is 8.26. The Bertz CT molecular complexity index is 420. The summed E-state index contributed by atoms with van der Waals surface area (Å²) in [6.07, 6.45) is -5.39. The van der Waals surface area contributed by atoms with Crippen molar-refractivity contribution in [1.29, 1.82) is 0 Å². The predicted molar refractivity (Wildman–Crippen MR) is 58.0 cm³/mol. The lowest BCUT2D eigenvalue weighted by Gasteiger charge is -2.16. The molecule has 0 fully saturated rings. The highest BCUT2D eigenvalue weighted by Crippen LogP contribution is 2.25. The number of nitrogens with one attached hydrogen (secondary N) is 1. The normalized spacial score (nSPS) is 12.7. The minimum Gasteiger partial charge on any atom is -0.442 e. The second-order valence-corrected chi connectivity index (χ2v) is 3.47. The fourth-order valence-electron chi connectivity index (χ4n) is 1.30. The van der Waals surface area contributed by atoms with Crippen molar-refractivity contribution in [2.75, 3.05) is 5.32 Å². The molecule has 4 nitrogen and oxygen atoms in total. The summed E-state index contributed by atoms with van der Waals surface area (Å²) in [6.45, 7) is 2.79. The number of hydrogen-bond acceptors (Lipinski definition) is 4. The molecule has 1 unspecified atom stereocenters. The van der Waals surface area contributed by atoms with Crippen LogP contribution in [0.5, 0.6) is 5.75 Å². The average Bonchev–Trinajstić information content (AvgIpc) is 2.13. The van der Waals surface area contributed by atoms with Gasteiger partial charge in [-0.1, -0.05) is 6.07 Å². The van der Waals surface area contributed by atoms with Crippen molar-refractivity contribution < 1.29 is 27.4 Å². The number of alkyl halides is 3. The second kappa shape index (κ2) is 5.61. The van der Waals surface area contributed by atoms with E-state index in [9.17, 15) is 18.0 Å². The van der Waals surface area contributed by atoms with Gasteiger partial charge in [0.15, 0.2) is 6.23 Å². The quantitative estimate of drug-likeness (QED) is 0.670. The maximum Gasteiger partial charge on any atom is 0.573 e. The van der Waals surface area contributed by atoms with E-state index in [2.05, 4.69) is 10.1 Å². The van der Waals surface area contributed by atoms with E-state index in [-0.39, 0.29) is 5.75 Å². The average molecular weight is 263 g/mol. The molecule has 0 saturated heterocycles. The van der Waals surface area contributed by atoms with Crippen LogP contribution >= 0.6 is 0 Å². The summed E-state index contributed by atoms with van der Waals surface area (Å²) in [5.41, 5.74) is 0.352. The lowest BCUT2D eigenvalue weighted by atomic mass is 10.3. The summed E-state index contributed by atoms with van der Waals surface area (Å²) < 4.78 is 44.5. The van der Waals surface area contributed by atoms with Gasteiger partial charge >= 0.3 is 12.3 Å². The molecule has 0 aliphatic rings. The zero-order valence-electron chi connectivity index (χ0n) is 9.75. The van der Waals surface area contributed by atoms with Gasteiger partial charge in [0.25, 0.3) is 0 Å². The largest absolute Gasteiger partial charge is 0.573 e. The van der Waals surface area contributed by atoms with Gasteiger partial charge in [-0.05, 0) is 19.1 Å². The molecule has 0 aromatic heterocycles. The van der Waals surface area contributed by atoms with E-state index in [1.165, 1.54) is 25.1 Å². The molecular weight excluding hydrogens is 251 g/mol. The monoisotopic (exact) mass is 263 g/mol. The third kappa shape index (κ3) is 5.42. The van der Waals surface area contributed by atoms with Crippen LogP contribution in [0.2, 0.25) is 0 Å². The van der Waals surface area contributed by atoms with Crippen molar-refractivity contribution in [1.82, 2.24) is 0 Å². The number of esters is 1. The van der Waals surface area contributed by atoms with Crippen LogP contribution in [0.25, 0.3) is 0 Å². The molecule has 1 rings (SSSR count). The highest BCUT2D eigenvalue weighted by atomic mass is 19.4. The first-order valence-corrected chi connectivity index (χ1v) is 5.06. The van der Waals surface area contributed by atoms with Crippen LogP contribution in [0.3, 0.4) is 0 Å². The van der Waals surface area contributed by atoms with Gasteiger partial charge in [0.1, 0.15) is 5.75 Å². The topological polar surface area (TPSA) is 47.6 Å². The van der Waals surface area contributed by atoms with E-state index >= 15 is 0 Å². The minimum atomic E-state index is -4.74. The molecule has 0 heterocycles. The molecule has 1 atom stereocenters. The molecule has 18 heavy (non-hydrogen) atoms. The van der Waals surface area contributed by atoms with Crippen molar-refractivity contribution in [3.63, 3.8) is 0 Å². The molecule has 0 aliphatic heterocycles. The Morgan fingerprint density at radius 3 is 2.61 bits per heavy atom. The number of carbonyl (C=O) groups is 1. The molecule has 0 radical (unpaired) electrons. The second-order valence-electron chi connectivity index (χ2n) is 3.47. The SMILES string of the molecule is CC(=O)OC(C)Nc1cccc(OC(F)(F)F)c1. The maximum atomic E-state index is 12.0. The van der Waals surface area contributed by atoms with Crippen LogP contribution in [0.15, 0.2) is 24.3 Å². The highest BCUT2D eigenvalue weighted by molar-refractivity contribution is 5.66. The van der Waals surface area contributed by atoms with Gasteiger partial charge in [-0.15, -0.1) is 13.2 Å². The van der Waals surface area contributed by atoms with Gasteiger partial charge < -0.3 is 14.8 Å². The van der Waals surface area contributed by atoms with Crippen LogP contribution in [-0.2, 0) is 9.53 Å². The van der Waals surface area contributed by atoms with E-state index in [4.69, 9.17) is 4.74 Å². The van der Waals surface area contributed by atoms with Crippen LogP contribution in [0.4, 0.5) is 18.9 Å². The molecule has 0 spiro atoms. The molecule has 1 N–H and O–H groups in total. The summed E-state index contributed by atoms with van der Waals surface area (Å²) in [5.74, 6) is -0.833. The fourth-order valence-corrected chi connectivity index (χ4v) is 1.30. The molecule has 1 aromatic rings. The van der Waals surface area contributed by atoms with Crippen LogP contribution in [-0.4, -0.2) is 18.6 Å². The van der Waals surface area contributed by atoms with Gasteiger partial charge in [-0.2, -0.15) is 0 Å². The molecule has 100 valence electrons. The Kier molecular flexibility index (Phi) is 4.41. The maximum absolute atomic E-state index is 12.0. The third-order valence-corrected chi connectivity index (χ3v) is 1.78. The number of anilines is 1. The van der Waals surface area contributed by atoms with Gasteiger partial charge in [0.05, 0.1) is 0 Å². The zero-order valence-corrected chi connectivity index (χ0v) is 9.75. The summed E-state index contributed by atoms with van der Waals surface area (Å²) in [6, 6.07) is 5.26. The first kappa shape index (κ1) is 14.1. The number of ether oxygens (including phenoxy) is 2. The van der Waals surface area contributed by atoms with Crippen molar-refractivity contribution >= 4 is 11.7 Å². The molecule has 0 aliphatic carbocycles. The van der Waals surface area contributed by atoms with E-state index in [1.54, 1.807) is 6.92 Å². The molecule has 1 aromatic carbocycles. The first-order valence-electron chi connectivity index (χ1n) is 5.06. The smallest absolute Gasteiger partial charge is 0.442 e. The Labute approximate surface area is 102 Å². The minimum absolute atomic E-state index is 0.345. The van der Waals surface area contributed by atoms with E-state index in [1.807, 2.05) is 0 Å². The predicted octanol–water partition coefficient (Wildman–Crippen LogP) is 2.91. The van der Waals surface area contributed by atoms with Crippen LogP contribution in [0.1, 0.15) is 13.8 Å². The summed E-state index contributed by atoms with van der Waals surface area (Å²) in [7, 11) is 0. The number of benzene rings is 1. The Morgan fingerprint density at radius 2 is 2.06 bits per heavy atom. The summed E-state index contributed by atoms with van der Waals surface area (Å²) in [5, 5.41) is 2.71. The number of hydrogen-bond donors (Lipinski definition) is 1. The molecule has 0 bridgehead atoms. The summed E-state index contributed by atoms with van der Waals surface area (Å²) >= 11 is 0. The van der Waals surface area contributed by atoms with Gasteiger partial charge in [0, 0.05) is 18.7 Å².